The molecule has 1 unspecified atom stereocenters. The van der Waals surface area contributed by atoms with E-state index in [2.05, 4.69) is 18.7 Å². The molecule has 0 radical (unpaired) electrons. The standard InChI is InChI=1S/C17H24N4O2/c1-11(2)13-17(7-5-6-8-17)10-21(13)14-12(9-18)15(22)20(4)16(23)19(14)3/h11,13H,5-8,10H2,1-4H3. The lowest BCUT2D eigenvalue weighted by Gasteiger charge is -2.59. The van der Waals surface area contributed by atoms with E-state index in [1.807, 2.05) is 6.07 Å². The van der Waals surface area contributed by atoms with Crippen molar-refractivity contribution in [3.63, 3.8) is 0 Å². The molecule has 3 rings (SSSR count). The monoisotopic (exact) mass is 316 g/mol. The summed E-state index contributed by atoms with van der Waals surface area (Å²) in [6.07, 6.45) is 4.90. The lowest BCUT2D eigenvalue weighted by molar-refractivity contribution is 0.0966. The zero-order valence-corrected chi connectivity index (χ0v) is 14.3. The largest absolute Gasteiger partial charge is 0.352 e. The normalized spacial score (nSPS) is 22.4. The van der Waals surface area contributed by atoms with Gasteiger partial charge in [-0.05, 0) is 18.8 Å². The van der Waals surface area contributed by atoms with Crippen molar-refractivity contribution < 1.29 is 0 Å². The summed E-state index contributed by atoms with van der Waals surface area (Å²) in [5.41, 5.74) is -0.509. The van der Waals surface area contributed by atoms with Gasteiger partial charge in [0.25, 0.3) is 5.56 Å². The van der Waals surface area contributed by atoms with Gasteiger partial charge >= 0.3 is 5.69 Å². The first-order valence-electron chi connectivity index (χ1n) is 8.31. The van der Waals surface area contributed by atoms with Crippen LogP contribution < -0.4 is 16.1 Å². The third-order valence-corrected chi connectivity index (χ3v) is 5.70. The maximum atomic E-state index is 12.3. The Balaban J connectivity index is 2.15. The highest BCUT2D eigenvalue weighted by atomic mass is 16.2. The molecule has 2 heterocycles. The van der Waals surface area contributed by atoms with Crippen molar-refractivity contribution in [2.75, 3.05) is 11.4 Å². The van der Waals surface area contributed by atoms with Crippen LogP contribution in [0.2, 0.25) is 0 Å². The highest BCUT2D eigenvalue weighted by molar-refractivity contribution is 5.57. The highest BCUT2D eigenvalue weighted by Crippen LogP contribution is 2.54. The van der Waals surface area contributed by atoms with Crippen LogP contribution in [0.4, 0.5) is 5.82 Å². The quantitative estimate of drug-likeness (QED) is 0.826. The Bertz CT molecular complexity index is 791. The van der Waals surface area contributed by atoms with Gasteiger partial charge in [-0.25, -0.2) is 4.79 Å². The summed E-state index contributed by atoms with van der Waals surface area (Å²) in [5, 5.41) is 9.48. The topological polar surface area (TPSA) is 71.0 Å². The predicted molar refractivity (Wildman–Crippen MR) is 88.5 cm³/mol. The molecule has 23 heavy (non-hydrogen) atoms. The first kappa shape index (κ1) is 15.9. The smallest absolute Gasteiger partial charge is 0.332 e. The van der Waals surface area contributed by atoms with Gasteiger partial charge in [-0.15, -0.1) is 0 Å². The van der Waals surface area contributed by atoms with Crippen molar-refractivity contribution in [2.45, 2.75) is 45.6 Å². The van der Waals surface area contributed by atoms with Crippen molar-refractivity contribution >= 4 is 5.82 Å². The molecule has 2 aliphatic rings. The van der Waals surface area contributed by atoms with Crippen LogP contribution in [-0.2, 0) is 14.1 Å². The van der Waals surface area contributed by atoms with Crippen molar-refractivity contribution in [1.82, 2.24) is 9.13 Å². The number of anilines is 1. The molecule has 0 N–H and O–H groups in total. The summed E-state index contributed by atoms with van der Waals surface area (Å²) in [6, 6.07) is 2.31. The van der Waals surface area contributed by atoms with E-state index >= 15 is 0 Å². The van der Waals surface area contributed by atoms with E-state index < -0.39 is 5.56 Å². The van der Waals surface area contributed by atoms with Crippen LogP contribution in [0.25, 0.3) is 0 Å². The van der Waals surface area contributed by atoms with Crippen molar-refractivity contribution in [2.24, 2.45) is 25.4 Å². The SMILES string of the molecule is CC(C)C1N(c2c(C#N)c(=O)n(C)c(=O)n2C)CC12CCCC2. The van der Waals surface area contributed by atoms with Gasteiger partial charge in [0.05, 0.1) is 0 Å². The zero-order chi connectivity index (χ0) is 16.9. The number of hydrogen-bond acceptors (Lipinski definition) is 4. The first-order chi connectivity index (χ1) is 10.8. The maximum absolute atomic E-state index is 12.3. The van der Waals surface area contributed by atoms with Gasteiger partial charge < -0.3 is 4.90 Å². The van der Waals surface area contributed by atoms with Crippen molar-refractivity contribution in [3.8, 4) is 6.07 Å². The number of rotatable bonds is 2. The van der Waals surface area contributed by atoms with Gasteiger partial charge in [0.2, 0.25) is 0 Å². The molecule has 1 aromatic rings. The average molecular weight is 316 g/mol. The minimum atomic E-state index is -0.500. The molecule has 0 aromatic carbocycles. The molecule has 1 aliphatic heterocycles. The van der Waals surface area contributed by atoms with E-state index in [1.54, 1.807) is 7.05 Å². The lowest BCUT2D eigenvalue weighted by atomic mass is 9.66. The molecule has 124 valence electrons. The Morgan fingerprint density at radius 3 is 2.30 bits per heavy atom. The molecule has 6 nitrogen and oxygen atoms in total. The maximum Gasteiger partial charge on any atom is 0.332 e. The summed E-state index contributed by atoms with van der Waals surface area (Å²) >= 11 is 0. The lowest BCUT2D eigenvalue weighted by Crippen LogP contribution is -2.67. The second-order valence-electron chi connectivity index (χ2n) is 7.40. The molecule has 0 amide bonds. The van der Waals surface area contributed by atoms with E-state index in [-0.39, 0.29) is 22.7 Å². The minimum Gasteiger partial charge on any atom is -0.352 e. The Kier molecular flexibility index (Phi) is 3.62. The van der Waals surface area contributed by atoms with Crippen LogP contribution in [0.5, 0.6) is 0 Å². The molecule has 1 saturated heterocycles. The Morgan fingerprint density at radius 1 is 1.17 bits per heavy atom. The molecule has 0 bridgehead atoms. The fraction of sp³-hybridized carbons (Fsp3) is 0.706. The van der Waals surface area contributed by atoms with Crippen LogP contribution in [0.1, 0.15) is 45.1 Å². The van der Waals surface area contributed by atoms with E-state index in [1.165, 1.54) is 37.3 Å². The third-order valence-electron chi connectivity index (χ3n) is 5.70. The Morgan fingerprint density at radius 2 is 1.78 bits per heavy atom. The Hall–Kier alpha value is -2.03. The molecule has 1 spiro atoms. The van der Waals surface area contributed by atoms with Gasteiger partial charge in [0, 0.05) is 32.1 Å². The van der Waals surface area contributed by atoms with E-state index in [4.69, 9.17) is 0 Å². The number of nitrogens with zero attached hydrogens (tertiary/aromatic N) is 4. The van der Waals surface area contributed by atoms with Crippen LogP contribution >= 0.6 is 0 Å². The van der Waals surface area contributed by atoms with Crippen LogP contribution in [0.15, 0.2) is 9.59 Å². The van der Waals surface area contributed by atoms with Crippen LogP contribution in [0.3, 0.4) is 0 Å². The van der Waals surface area contributed by atoms with E-state index in [0.29, 0.717) is 11.7 Å². The molecular formula is C17H24N4O2. The summed E-state index contributed by atoms with van der Waals surface area (Å²) < 4.78 is 2.47. The molecular weight excluding hydrogens is 292 g/mol. The Labute approximate surface area is 135 Å². The molecule has 1 aliphatic carbocycles. The van der Waals surface area contributed by atoms with Gasteiger partial charge in [-0.3, -0.25) is 13.9 Å². The van der Waals surface area contributed by atoms with Gasteiger partial charge in [0.15, 0.2) is 5.56 Å². The molecule has 1 saturated carbocycles. The van der Waals surface area contributed by atoms with Gasteiger partial charge in [-0.1, -0.05) is 26.7 Å². The second-order valence-corrected chi connectivity index (χ2v) is 7.40. The number of hydrogen-bond donors (Lipinski definition) is 0. The molecule has 1 aromatic heterocycles. The summed E-state index contributed by atoms with van der Waals surface area (Å²) in [4.78, 5) is 26.8. The van der Waals surface area contributed by atoms with Crippen LogP contribution in [-0.4, -0.2) is 21.7 Å². The van der Waals surface area contributed by atoms with E-state index in [0.717, 1.165) is 11.1 Å². The van der Waals surface area contributed by atoms with Gasteiger partial charge in [-0.2, -0.15) is 5.26 Å². The first-order valence-corrected chi connectivity index (χ1v) is 8.31. The second kappa shape index (κ2) is 5.26. The van der Waals surface area contributed by atoms with E-state index in [9.17, 15) is 14.9 Å². The molecule has 1 atom stereocenters. The summed E-state index contributed by atoms with van der Waals surface area (Å²) in [5.74, 6) is 0.907. The molecule has 2 fully saturated rings. The minimum absolute atomic E-state index is 0.0769. The average Bonchev–Trinajstić information content (AvgIpc) is 2.97. The molecule has 6 heteroatoms. The van der Waals surface area contributed by atoms with Crippen molar-refractivity contribution in [3.05, 3.63) is 26.4 Å². The summed E-state index contributed by atoms with van der Waals surface area (Å²) in [6.45, 7) is 5.20. The fourth-order valence-corrected chi connectivity index (χ4v) is 4.82. The number of nitriles is 1. The summed E-state index contributed by atoms with van der Waals surface area (Å²) in [7, 11) is 3.07. The fourth-order valence-electron chi connectivity index (χ4n) is 4.82. The third kappa shape index (κ3) is 2.06. The highest BCUT2D eigenvalue weighted by Gasteiger charge is 2.55. The zero-order valence-electron chi connectivity index (χ0n) is 14.3. The predicted octanol–water partition coefficient (Wildman–Crippen LogP) is 1.36. The van der Waals surface area contributed by atoms with Crippen LogP contribution in [0, 0.1) is 22.7 Å². The van der Waals surface area contributed by atoms with Crippen molar-refractivity contribution in [1.29, 1.82) is 5.26 Å². The van der Waals surface area contributed by atoms with Gasteiger partial charge in [0.1, 0.15) is 11.9 Å². The number of aromatic nitrogens is 2.